The van der Waals surface area contributed by atoms with Gasteiger partial charge < -0.3 is 15.3 Å². The molecule has 0 spiro atoms. The van der Waals surface area contributed by atoms with E-state index in [-0.39, 0.29) is 31.0 Å². The van der Waals surface area contributed by atoms with Crippen LogP contribution in [0.15, 0.2) is 53.6 Å². The molecule has 1 aliphatic heterocycles. The van der Waals surface area contributed by atoms with Crippen molar-refractivity contribution < 1.29 is 23.5 Å². The Bertz CT molecular complexity index is 1390. The highest BCUT2D eigenvalue weighted by molar-refractivity contribution is 5.99. The Balaban J connectivity index is 1.48. The number of aromatic nitrogens is 2. The van der Waals surface area contributed by atoms with Crippen LogP contribution in [-0.4, -0.2) is 44.7 Å². The summed E-state index contributed by atoms with van der Waals surface area (Å²) in [5.41, 5.74) is -0.968. The van der Waals surface area contributed by atoms with E-state index in [2.05, 4.69) is 10.3 Å². The van der Waals surface area contributed by atoms with Crippen molar-refractivity contribution in [3.63, 3.8) is 0 Å². The Morgan fingerprint density at radius 1 is 1.17 bits per heavy atom. The van der Waals surface area contributed by atoms with Gasteiger partial charge in [0.15, 0.2) is 11.4 Å². The summed E-state index contributed by atoms with van der Waals surface area (Å²) >= 11 is 0. The van der Waals surface area contributed by atoms with Crippen molar-refractivity contribution in [2.24, 2.45) is 5.92 Å². The lowest BCUT2D eigenvalue weighted by atomic mass is 10.1. The van der Waals surface area contributed by atoms with Gasteiger partial charge >= 0.3 is 0 Å². The lowest BCUT2D eigenvalue weighted by molar-refractivity contribution is 0.0674. The van der Waals surface area contributed by atoms with Gasteiger partial charge in [0.05, 0.1) is 12.2 Å². The van der Waals surface area contributed by atoms with E-state index in [0.29, 0.717) is 24.2 Å². The van der Waals surface area contributed by atoms with Gasteiger partial charge in [-0.3, -0.25) is 29.1 Å². The number of pyridine rings is 2. The highest BCUT2D eigenvalue weighted by Gasteiger charge is 2.37. The third-order valence-corrected chi connectivity index (χ3v) is 6.24. The van der Waals surface area contributed by atoms with Crippen LogP contribution in [0.1, 0.15) is 44.9 Å². The number of nitrogens with one attached hydrogen (secondary N) is 1. The second-order valence-electron chi connectivity index (χ2n) is 8.93. The van der Waals surface area contributed by atoms with E-state index < -0.39 is 40.2 Å². The zero-order chi connectivity index (χ0) is 25.4. The van der Waals surface area contributed by atoms with Crippen LogP contribution in [0.2, 0.25) is 0 Å². The van der Waals surface area contributed by atoms with Gasteiger partial charge in [0, 0.05) is 37.1 Å². The molecular weight excluding hydrogens is 472 g/mol. The van der Waals surface area contributed by atoms with Gasteiger partial charge in [-0.1, -0.05) is 12.1 Å². The van der Waals surface area contributed by atoms with Crippen LogP contribution in [0.4, 0.5) is 8.78 Å². The second kappa shape index (κ2) is 9.40. The summed E-state index contributed by atoms with van der Waals surface area (Å²) in [5.74, 6) is -3.44. The summed E-state index contributed by atoms with van der Waals surface area (Å²) in [6, 6.07) is 8.31. The summed E-state index contributed by atoms with van der Waals surface area (Å²) in [6.07, 6.45) is 4.85. The molecule has 3 aromatic rings. The molecule has 5 rings (SSSR count). The van der Waals surface area contributed by atoms with Gasteiger partial charge in [-0.2, -0.15) is 0 Å². The third kappa shape index (κ3) is 4.64. The smallest absolute Gasteiger partial charge is 0.277 e. The Morgan fingerprint density at radius 2 is 1.97 bits per heavy atom. The number of benzene rings is 1. The quantitative estimate of drug-likeness (QED) is 0.520. The van der Waals surface area contributed by atoms with E-state index in [1.807, 2.05) is 6.07 Å². The van der Waals surface area contributed by atoms with Gasteiger partial charge in [0.1, 0.15) is 23.9 Å². The average Bonchev–Trinajstić information content (AvgIpc) is 3.68. The summed E-state index contributed by atoms with van der Waals surface area (Å²) in [5, 5.41) is 14.9. The SMILES string of the molecule is O=C(NCc1ccc(F)cc1F)c1cn2c(c(O)c1=O)C(=O)N(CC1CC1)CN2Cc1ccccn1. The van der Waals surface area contributed by atoms with Crippen LogP contribution in [0.25, 0.3) is 0 Å². The molecule has 2 aliphatic rings. The van der Waals surface area contributed by atoms with Crippen molar-refractivity contribution in [3.8, 4) is 5.75 Å². The Kier molecular flexibility index (Phi) is 6.13. The zero-order valence-electron chi connectivity index (χ0n) is 19.2. The number of carbonyl (C=O) groups is 2. The Labute approximate surface area is 204 Å². The van der Waals surface area contributed by atoms with Crippen molar-refractivity contribution in [2.45, 2.75) is 25.9 Å². The molecule has 1 aliphatic carbocycles. The maximum Gasteiger partial charge on any atom is 0.277 e. The monoisotopic (exact) mass is 495 g/mol. The summed E-state index contributed by atoms with van der Waals surface area (Å²) in [7, 11) is 0. The molecule has 1 fully saturated rings. The Morgan fingerprint density at radius 3 is 2.67 bits per heavy atom. The fraction of sp³-hybridized carbons (Fsp3) is 0.280. The lowest BCUT2D eigenvalue weighted by Gasteiger charge is -2.39. The molecule has 0 saturated heterocycles. The van der Waals surface area contributed by atoms with Gasteiger partial charge in [0.25, 0.3) is 11.8 Å². The van der Waals surface area contributed by atoms with E-state index >= 15 is 0 Å². The first-order valence-corrected chi connectivity index (χ1v) is 11.5. The third-order valence-electron chi connectivity index (χ3n) is 6.24. The molecule has 186 valence electrons. The molecule has 3 heterocycles. The topological polar surface area (TPSA) is 108 Å². The number of hydrogen-bond acceptors (Lipinski definition) is 6. The normalized spacial score (nSPS) is 15.1. The molecule has 0 atom stereocenters. The maximum atomic E-state index is 14.0. The average molecular weight is 495 g/mol. The molecule has 0 unspecified atom stereocenters. The largest absolute Gasteiger partial charge is 0.502 e. The van der Waals surface area contributed by atoms with E-state index in [1.54, 1.807) is 28.2 Å². The van der Waals surface area contributed by atoms with Crippen LogP contribution in [0, 0.1) is 17.6 Å². The number of aromatic hydroxyl groups is 1. The van der Waals surface area contributed by atoms with Gasteiger partial charge in [0.2, 0.25) is 5.43 Å². The van der Waals surface area contributed by atoms with E-state index in [1.165, 1.54) is 16.9 Å². The number of hydrogen-bond donors (Lipinski definition) is 2. The molecule has 11 heteroatoms. The van der Waals surface area contributed by atoms with Crippen molar-refractivity contribution in [1.29, 1.82) is 0 Å². The minimum Gasteiger partial charge on any atom is -0.502 e. The fourth-order valence-electron chi connectivity index (χ4n) is 4.15. The first kappa shape index (κ1) is 23.5. The van der Waals surface area contributed by atoms with Crippen molar-refractivity contribution >= 4 is 11.8 Å². The van der Waals surface area contributed by atoms with Crippen LogP contribution in [0.3, 0.4) is 0 Å². The summed E-state index contributed by atoms with van der Waals surface area (Å²) in [6.45, 7) is 0.602. The van der Waals surface area contributed by atoms with E-state index in [0.717, 1.165) is 18.9 Å². The summed E-state index contributed by atoms with van der Waals surface area (Å²) in [4.78, 5) is 44.9. The van der Waals surface area contributed by atoms with Crippen LogP contribution in [0.5, 0.6) is 5.75 Å². The molecule has 2 N–H and O–H groups in total. The molecule has 36 heavy (non-hydrogen) atoms. The number of amides is 2. The maximum absolute atomic E-state index is 14.0. The molecule has 0 bridgehead atoms. The predicted molar refractivity (Wildman–Crippen MR) is 125 cm³/mol. The lowest BCUT2D eigenvalue weighted by Crippen LogP contribution is -2.54. The number of carbonyl (C=O) groups excluding carboxylic acids is 2. The van der Waals surface area contributed by atoms with Crippen LogP contribution < -0.4 is 15.8 Å². The van der Waals surface area contributed by atoms with Gasteiger partial charge in [-0.25, -0.2) is 8.78 Å². The summed E-state index contributed by atoms with van der Waals surface area (Å²) < 4.78 is 28.4. The van der Waals surface area contributed by atoms with Crippen molar-refractivity contribution in [2.75, 3.05) is 18.2 Å². The molecule has 0 radical (unpaired) electrons. The zero-order valence-corrected chi connectivity index (χ0v) is 19.2. The number of nitrogens with zero attached hydrogens (tertiary/aromatic N) is 4. The molecule has 1 aromatic carbocycles. The first-order chi connectivity index (χ1) is 17.3. The van der Waals surface area contributed by atoms with Crippen molar-refractivity contribution in [1.82, 2.24) is 19.9 Å². The van der Waals surface area contributed by atoms with Gasteiger partial charge in [-0.15, -0.1) is 0 Å². The standard InChI is InChI=1S/C25H23F2N5O4/c26-17-7-6-16(20(27)9-17)10-29-24(35)19-13-32-21(23(34)22(19)33)25(36)30(11-15-4-5-15)14-31(32)12-18-3-1-2-8-28-18/h1-3,6-9,13,15,34H,4-5,10-12,14H2,(H,29,35). The van der Waals surface area contributed by atoms with Gasteiger partial charge in [-0.05, 0) is 37.0 Å². The molecule has 2 aromatic heterocycles. The first-order valence-electron chi connectivity index (χ1n) is 11.5. The van der Waals surface area contributed by atoms with E-state index in [4.69, 9.17) is 0 Å². The molecular formula is C25H23F2N5O4. The highest BCUT2D eigenvalue weighted by Crippen LogP contribution is 2.32. The van der Waals surface area contributed by atoms with Crippen molar-refractivity contribution in [3.05, 3.63) is 93.2 Å². The minimum atomic E-state index is -1.02. The van der Waals surface area contributed by atoms with Crippen LogP contribution >= 0.6 is 0 Å². The highest BCUT2D eigenvalue weighted by atomic mass is 19.1. The fourth-order valence-corrected chi connectivity index (χ4v) is 4.15. The number of rotatable bonds is 7. The molecule has 2 amide bonds. The minimum absolute atomic E-state index is 0.0229. The number of halogens is 2. The molecule has 9 nitrogen and oxygen atoms in total. The van der Waals surface area contributed by atoms with Crippen LogP contribution in [-0.2, 0) is 13.1 Å². The number of fused-ring (bicyclic) bond motifs is 1. The Hall–Kier alpha value is -4.28. The second-order valence-corrected chi connectivity index (χ2v) is 8.93. The molecule has 1 saturated carbocycles. The predicted octanol–water partition coefficient (Wildman–Crippen LogP) is 2.12. The van der Waals surface area contributed by atoms with E-state index in [9.17, 15) is 28.3 Å².